The van der Waals surface area contributed by atoms with Gasteiger partial charge in [0.25, 0.3) is 0 Å². The van der Waals surface area contributed by atoms with Gasteiger partial charge in [0.2, 0.25) is 0 Å². The van der Waals surface area contributed by atoms with Crippen LogP contribution in [0.4, 0.5) is 5.82 Å². The molecule has 0 radical (unpaired) electrons. The molecule has 4 aliphatic rings. The summed E-state index contributed by atoms with van der Waals surface area (Å²) in [6.07, 6.45) is 9.74. The Hall–Kier alpha value is -1.86. The van der Waals surface area contributed by atoms with Gasteiger partial charge in [-0.15, -0.1) is 0 Å². The highest BCUT2D eigenvalue weighted by Gasteiger charge is 2.58. The second-order valence-electron chi connectivity index (χ2n) is 9.86. The molecule has 4 aliphatic carbocycles. The Morgan fingerprint density at radius 1 is 1.19 bits per heavy atom. The molecule has 0 amide bonds. The van der Waals surface area contributed by atoms with Crippen molar-refractivity contribution in [3.63, 3.8) is 0 Å². The van der Waals surface area contributed by atoms with E-state index in [1.165, 1.54) is 17.6 Å². The molecule has 2 fully saturated rings. The third kappa shape index (κ3) is 2.21. The molecule has 0 unspecified atom stereocenters. The summed E-state index contributed by atoms with van der Waals surface area (Å²) in [5, 5.41) is 19.5. The molecule has 4 heteroatoms. The van der Waals surface area contributed by atoms with E-state index in [1.807, 2.05) is 6.07 Å². The van der Waals surface area contributed by atoms with Crippen LogP contribution in [0.3, 0.4) is 0 Å². The molecule has 4 nitrogen and oxygen atoms in total. The number of nitrogens with two attached hydrogens (primary N) is 1. The zero-order chi connectivity index (χ0) is 19.0. The number of pyridine rings is 1. The summed E-state index contributed by atoms with van der Waals surface area (Å²) in [6.45, 7) is 4.83. The third-order valence-corrected chi connectivity index (χ3v) is 8.70. The van der Waals surface area contributed by atoms with Gasteiger partial charge in [0.1, 0.15) is 11.9 Å². The third-order valence-electron chi connectivity index (χ3n) is 8.70. The maximum atomic E-state index is 10.2. The number of fused-ring (bicyclic) bond motifs is 7. The van der Waals surface area contributed by atoms with Crippen LogP contribution in [0.2, 0.25) is 0 Å². The molecule has 5 rings (SSSR count). The summed E-state index contributed by atoms with van der Waals surface area (Å²) < 4.78 is 0. The summed E-state index contributed by atoms with van der Waals surface area (Å²) in [4.78, 5) is 4.73. The molecule has 0 aliphatic heterocycles. The first-order valence-corrected chi connectivity index (χ1v) is 10.4. The molecule has 0 spiro atoms. The summed E-state index contributed by atoms with van der Waals surface area (Å²) in [6, 6.07) is 4.20. The Labute approximate surface area is 161 Å². The second-order valence-corrected chi connectivity index (χ2v) is 9.86. The molecular weight excluding hydrogens is 334 g/mol. The quantitative estimate of drug-likeness (QED) is 0.685. The van der Waals surface area contributed by atoms with E-state index >= 15 is 0 Å². The summed E-state index contributed by atoms with van der Waals surface area (Å²) in [5.74, 6) is 2.33. The zero-order valence-corrected chi connectivity index (χ0v) is 16.3. The second kappa shape index (κ2) is 5.58. The lowest BCUT2D eigenvalue weighted by Crippen LogP contribution is -2.51. The number of hydrogen-bond donors (Lipinski definition) is 2. The molecular formula is C23H29N3O. The summed E-state index contributed by atoms with van der Waals surface area (Å²) in [5.41, 5.74) is 10.8. The monoisotopic (exact) mass is 363 g/mol. The van der Waals surface area contributed by atoms with Gasteiger partial charge in [0.15, 0.2) is 0 Å². The normalized spacial score (nSPS) is 42.2. The zero-order valence-electron chi connectivity index (χ0n) is 16.3. The predicted molar refractivity (Wildman–Crippen MR) is 105 cm³/mol. The average Bonchev–Trinajstić information content (AvgIpc) is 2.93. The van der Waals surface area contributed by atoms with E-state index in [2.05, 4.69) is 26.0 Å². The topological polar surface area (TPSA) is 82.9 Å². The number of hydrogen-bond acceptors (Lipinski definition) is 4. The molecule has 1 heterocycles. The van der Waals surface area contributed by atoms with Crippen molar-refractivity contribution in [2.24, 2.45) is 23.2 Å². The first kappa shape index (κ1) is 17.3. The lowest BCUT2D eigenvalue weighted by Gasteiger charge is -2.57. The van der Waals surface area contributed by atoms with Crippen molar-refractivity contribution in [3.8, 4) is 6.07 Å². The van der Waals surface area contributed by atoms with Crippen molar-refractivity contribution in [1.82, 2.24) is 4.98 Å². The van der Waals surface area contributed by atoms with E-state index in [0.717, 1.165) is 44.2 Å². The van der Waals surface area contributed by atoms with Gasteiger partial charge in [0.05, 0.1) is 17.4 Å². The number of nitrogens with zero attached hydrogens (tertiary/aromatic N) is 2. The average molecular weight is 364 g/mol. The molecule has 142 valence electrons. The molecule has 6 atom stereocenters. The van der Waals surface area contributed by atoms with Crippen LogP contribution in [-0.4, -0.2) is 16.2 Å². The van der Waals surface area contributed by atoms with Crippen molar-refractivity contribution in [2.45, 2.75) is 70.3 Å². The number of rotatable bonds is 0. The van der Waals surface area contributed by atoms with Crippen molar-refractivity contribution in [3.05, 3.63) is 34.5 Å². The van der Waals surface area contributed by atoms with Crippen molar-refractivity contribution in [2.75, 3.05) is 5.73 Å². The highest BCUT2D eigenvalue weighted by molar-refractivity contribution is 5.54. The number of allylic oxidation sites excluding steroid dienone is 1. The maximum Gasteiger partial charge on any atom is 0.141 e. The summed E-state index contributed by atoms with van der Waals surface area (Å²) in [7, 11) is 0. The van der Waals surface area contributed by atoms with Crippen molar-refractivity contribution in [1.29, 1.82) is 5.26 Å². The Morgan fingerprint density at radius 3 is 2.74 bits per heavy atom. The van der Waals surface area contributed by atoms with Gasteiger partial charge in [-0.2, -0.15) is 5.26 Å². The van der Waals surface area contributed by atoms with E-state index in [-0.39, 0.29) is 16.9 Å². The van der Waals surface area contributed by atoms with E-state index in [9.17, 15) is 10.4 Å². The fraction of sp³-hybridized carbons (Fsp3) is 0.652. The number of aromatic nitrogens is 1. The van der Waals surface area contributed by atoms with Crippen molar-refractivity contribution >= 4 is 5.82 Å². The van der Waals surface area contributed by atoms with E-state index < -0.39 is 0 Å². The fourth-order valence-electron chi connectivity index (χ4n) is 7.18. The Morgan fingerprint density at radius 2 is 1.96 bits per heavy atom. The molecule has 27 heavy (non-hydrogen) atoms. The predicted octanol–water partition coefficient (Wildman–Crippen LogP) is 3.87. The maximum absolute atomic E-state index is 10.2. The van der Waals surface area contributed by atoms with Crippen LogP contribution in [0.1, 0.15) is 69.2 Å². The minimum atomic E-state index is -0.151. The minimum Gasteiger partial charge on any atom is -0.393 e. The van der Waals surface area contributed by atoms with Crippen LogP contribution in [0.15, 0.2) is 17.7 Å². The lowest BCUT2D eigenvalue weighted by atomic mass is 9.48. The van der Waals surface area contributed by atoms with Gasteiger partial charge in [0, 0.05) is 5.41 Å². The van der Waals surface area contributed by atoms with Crippen molar-refractivity contribution < 1.29 is 5.11 Å². The SMILES string of the molecule is C[C@]12CC[C@H](O)CC1=CC[C@@H]1[C@@H]2CC[C@]2(C)c3nc(N)c(C#N)cc3C[C@@H]12. The van der Waals surface area contributed by atoms with Crippen LogP contribution in [0.5, 0.6) is 0 Å². The minimum absolute atomic E-state index is 0.0779. The molecule has 0 saturated heterocycles. The molecule has 0 bridgehead atoms. The van der Waals surface area contributed by atoms with E-state index in [0.29, 0.717) is 29.1 Å². The molecule has 1 aromatic rings. The number of anilines is 1. The van der Waals surface area contributed by atoms with Gasteiger partial charge in [-0.1, -0.05) is 25.5 Å². The van der Waals surface area contributed by atoms with Gasteiger partial charge < -0.3 is 10.8 Å². The number of nitriles is 1. The number of aliphatic hydroxyl groups is 1. The number of aliphatic hydroxyl groups excluding tert-OH is 1. The smallest absolute Gasteiger partial charge is 0.141 e. The first-order valence-electron chi connectivity index (χ1n) is 10.4. The highest BCUT2D eigenvalue weighted by Crippen LogP contribution is 2.63. The Balaban J connectivity index is 1.54. The molecule has 0 aromatic carbocycles. The van der Waals surface area contributed by atoms with E-state index in [4.69, 9.17) is 10.7 Å². The van der Waals surface area contributed by atoms with Gasteiger partial charge in [-0.25, -0.2) is 4.98 Å². The van der Waals surface area contributed by atoms with Crippen LogP contribution in [0.25, 0.3) is 0 Å². The van der Waals surface area contributed by atoms with Crippen LogP contribution in [-0.2, 0) is 11.8 Å². The molecule has 2 saturated carbocycles. The van der Waals surface area contributed by atoms with Crippen LogP contribution < -0.4 is 5.73 Å². The fourth-order valence-corrected chi connectivity index (χ4v) is 7.18. The first-order chi connectivity index (χ1) is 12.9. The Bertz CT molecular complexity index is 884. The lowest BCUT2D eigenvalue weighted by molar-refractivity contribution is -0.0169. The number of nitrogen functional groups attached to an aromatic ring is 1. The largest absolute Gasteiger partial charge is 0.393 e. The van der Waals surface area contributed by atoms with Gasteiger partial charge in [-0.3, -0.25) is 0 Å². The summed E-state index contributed by atoms with van der Waals surface area (Å²) >= 11 is 0. The van der Waals surface area contributed by atoms with Gasteiger partial charge in [-0.05, 0) is 79.7 Å². The Kier molecular flexibility index (Phi) is 3.56. The van der Waals surface area contributed by atoms with Crippen LogP contribution >= 0.6 is 0 Å². The standard InChI is InChI=1S/C23H29N3O/c1-22-7-5-16(27)11-15(22)3-4-17-18(22)6-8-23(2)19(17)10-13-9-14(12-24)21(25)26-20(13)23/h3,9,16-19,27H,4-8,10-11H2,1-2H3,(H2,25,26)/t16-,17+,18-,19-,22-,23-/m0/s1. The van der Waals surface area contributed by atoms with Crippen LogP contribution in [0, 0.1) is 34.5 Å². The molecule has 1 aromatic heterocycles. The molecule has 3 N–H and O–H groups in total. The van der Waals surface area contributed by atoms with E-state index in [1.54, 1.807) is 0 Å². The highest BCUT2D eigenvalue weighted by atomic mass is 16.3. The van der Waals surface area contributed by atoms with Gasteiger partial charge >= 0.3 is 0 Å².